The first-order valence-electron chi connectivity index (χ1n) is 8.64. The number of pyridine rings is 1. The topological polar surface area (TPSA) is 19.4 Å². The van der Waals surface area contributed by atoms with E-state index in [1.54, 1.807) is 0 Å². The number of likely N-dealkylation sites (tertiary alicyclic amines) is 1. The monoisotopic (exact) mass is 287 g/mol. The van der Waals surface area contributed by atoms with Gasteiger partial charge in [0.15, 0.2) is 0 Å². The average Bonchev–Trinajstić information content (AvgIpc) is 2.56. The minimum atomic E-state index is 0.719. The molecule has 1 aromatic heterocycles. The molecule has 0 aromatic carbocycles. The van der Waals surface area contributed by atoms with Crippen molar-refractivity contribution >= 4 is 5.82 Å². The van der Waals surface area contributed by atoms with E-state index in [-0.39, 0.29) is 0 Å². The fourth-order valence-corrected chi connectivity index (χ4v) is 4.05. The first-order valence-corrected chi connectivity index (χ1v) is 8.64. The highest BCUT2D eigenvalue weighted by atomic mass is 15.2. The third-order valence-corrected chi connectivity index (χ3v) is 5.48. The molecule has 0 bridgehead atoms. The van der Waals surface area contributed by atoms with Crippen molar-refractivity contribution in [2.45, 2.75) is 45.6 Å². The van der Waals surface area contributed by atoms with Crippen LogP contribution in [0.4, 0.5) is 5.82 Å². The number of anilines is 1. The van der Waals surface area contributed by atoms with E-state index in [4.69, 9.17) is 0 Å². The molecule has 116 valence electrons. The third-order valence-electron chi connectivity index (χ3n) is 5.48. The van der Waals surface area contributed by atoms with Crippen LogP contribution in [0, 0.1) is 11.8 Å². The van der Waals surface area contributed by atoms with Gasteiger partial charge in [-0.15, -0.1) is 0 Å². The molecular formula is C18H29N3. The molecule has 0 amide bonds. The highest BCUT2D eigenvalue weighted by Gasteiger charge is 2.30. The summed E-state index contributed by atoms with van der Waals surface area (Å²) >= 11 is 0. The van der Waals surface area contributed by atoms with E-state index in [2.05, 4.69) is 40.8 Å². The van der Waals surface area contributed by atoms with Crippen molar-refractivity contribution in [2.24, 2.45) is 11.8 Å². The Morgan fingerprint density at radius 2 is 1.57 bits per heavy atom. The summed E-state index contributed by atoms with van der Waals surface area (Å²) in [5, 5.41) is 0. The summed E-state index contributed by atoms with van der Waals surface area (Å²) < 4.78 is 0. The molecule has 2 aliphatic rings. The van der Waals surface area contributed by atoms with Crippen molar-refractivity contribution < 1.29 is 0 Å². The molecule has 0 spiro atoms. The van der Waals surface area contributed by atoms with Crippen LogP contribution in [0.25, 0.3) is 0 Å². The van der Waals surface area contributed by atoms with Crippen molar-refractivity contribution in [2.75, 3.05) is 31.1 Å². The predicted octanol–water partition coefficient (Wildman–Crippen LogP) is 3.42. The summed E-state index contributed by atoms with van der Waals surface area (Å²) in [5.41, 5.74) is 0. The lowest BCUT2D eigenvalue weighted by atomic mass is 9.78. The number of aromatic nitrogens is 1. The zero-order valence-corrected chi connectivity index (χ0v) is 13.5. The molecule has 0 unspecified atom stereocenters. The van der Waals surface area contributed by atoms with Gasteiger partial charge in [-0.2, -0.15) is 0 Å². The molecule has 3 heteroatoms. The van der Waals surface area contributed by atoms with Crippen LogP contribution in [0.15, 0.2) is 24.4 Å². The lowest BCUT2D eigenvalue weighted by Gasteiger charge is -2.41. The Hall–Kier alpha value is -1.09. The van der Waals surface area contributed by atoms with E-state index in [1.807, 2.05) is 12.3 Å². The van der Waals surface area contributed by atoms with Crippen LogP contribution in [0.2, 0.25) is 0 Å². The third kappa shape index (κ3) is 3.57. The van der Waals surface area contributed by atoms with Crippen molar-refractivity contribution in [1.29, 1.82) is 0 Å². The van der Waals surface area contributed by atoms with Gasteiger partial charge in [0.25, 0.3) is 0 Å². The van der Waals surface area contributed by atoms with Crippen LogP contribution in [0.1, 0.15) is 39.5 Å². The highest BCUT2D eigenvalue weighted by molar-refractivity contribution is 5.37. The maximum Gasteiger partial charge on any atom is 0.128 e. The Bertz CT molecular complexity index is 415. The Morgan fingerprint density at radius 1 is 0.952 bits per heavy atom. The van der Waals surface area contributed by atoms with Crippen molar-refractivity contribution in [3.63, 3.8) is 0 Å². The zero-order chi connectivity index (χ0) is 14.7. The van der Waals surface area contributed by atoms with E-state index in [9.17, 15) is 0 Å². The minimum Gasteiger partial charge on any atom is -0.357 e. The normalized spacial score (nSPS) is 22.9. The Balaban J connectivity index is 1.48. The average molecular weight is 287 g/mol. The lowest BCUT2D eigenvalue weighted by Crippen LogP contribution is -2.43. The van der Waals surface area contributed by atoms with Gasteiger partial charge in [0.2, 0.25) is 0 Å². The van der Waals surface area contributed by atoms with E-state index in [1.165, 1.54) is 51.9 Å². The van der Waals surface area contributed by atoms with Gasteiger partial charge in [-0.25, -0.2) is 4.98 Å². The summed E-state index contributed by atoms with van der Waals surface area (Å²) in [6.45, 7) is 9.64. The molecule has 0 radical (unpaired) electrons. The maximum atomic E-state index is 4.49. The Labute approximate surface area is 129 Å². The molecular weight excluding hydrogens is 258 g/mol. The first kappa shape index (κ1) is 14.8. The highest BCUT2D eigenvalue weighted by Crippen LogP contribution is 2.33. The molecule has 2 fully saturated rings. The molecule has 0 atom stereocenters. The summed E-state index contributed by atoms with van der Waals surface area (Å²) in [6.07, 6.45) is 7.42. The van der Waals surface area contributed by atoms with Gasteiger partial charge in [0.1, 0.15) is 5.82 Å². The van der Waals surface area contributed by atoms with Gasteiger partial charge in [0, 0.05) is 25.3 Å². The second-order valence-corrected chi connectivity index (χ2v) is 6.98. The number of piperidine rings is 2. The minimum absolute atomic E-state index is 0.719. The molecule has 3 rings (SSSR count). The lowest BCUT2D eigenvalue weighted by molar-refractivity contribution is 0.111. The standard InChI is InChI=1S/C18H29N3/c1-15(2)20-11-6-16(7-12-20)17-8-13-21(14-9-17)18-5-3-4-10-19-18/h3-5,10,15-17H,6-9,11-14H2,1-2H3. The molecule has 3 heterocycles. The summed E-state index contributed by atoms with van der Waals surface area (Å²) in [4.78, 5) is 9.59. The number of hydrogen-bond donors (Lipinski definition) is 0. The van der Waals surface area contributed by atoms with E-state index < -0.39 is 0 Å². The summed E-state index contributed by atoms with van der Waals surface area (Å²) in [5.74, 6) is 3.07. The van der Waals surface area contributed by atoms with Crippen LogP contribution in [0.3, 0.4) is 0 Å². The van der Waals surface area contributed by atoms with Crippen LogP contribution in [0.5, 0.6) is 0 Å². The van der Waals surface area contributed by atoms with Gasteiger partial charge in [-0.05, 0) is 76.6 Å². The summed E-state index contributed by atoms with van der Waals surface area (Å²) in [7, 11) is 0. The SMILES string of the molecule is CC(C)N1CCC(C2CCN(c3ccccn3)CC2)CC1. The van der Waals surface area contributed by atoms with Gasteiger partial charge in [-0.1, -0.05) is 6.07 Å². The second kappa shape index (κ2) is 6.78. The quantitative estimate of drug-likeness (QED) is 0.849. The smallest absolute Gasteiger partial charge is 0.128 e. The van der Waals surface area contributed by atoms with Crippen molar-refractivity contribution in [3.05, 3.63) is 24.4 Å². The van der Waals surface area contributed by atoms with E-state index >= 15 is 0 Å². The fraction of sp³-hybridized carbons (Fsp3) is 0.722. The number of hydrogen-bond acceptors (Lipinski definition) is 3. The molecule has 2 saturated heterocycles. The first-order chi connectivity index (χ1) is 10.2. The second-order valence-electron chi connectivity index (χ2n) is 6.98. The van der Waals surface area contributed by atoms with Crippen LogP contribution >= 0.6 is 0 Å². The molecule has 1 aromatic rings. The largest absolute Gasteiger partial charge is 0.357 e. The molecule has 3 nitrogen and oxygen atoms in total. The van der Waals surface area contributed by atoms with Crippen LogP contribution in [-0.4, -0.2) is 42.1 Å². The Kier molecular flexibility index (Phi) is 4.79. The molecule has 2 aliphatic heterocycles. The van der Waals surface area contributed by atoms with Gasteiger partial charge >= 0.3 is 0 Å². The number of nitrogens with zero attached hydrogens (tertiary/aromatic N) is 3. The van der Waals surface area contributed by atoms with Crippen molar-refractivity contribution in [1.82, 2.24) is 9.88 Å². The number of rotatable bonds is 3. The van der Waals surface area contributed by atoms with Crippen LogP contribution in [-0.2, 0) is 0 Å². The van der Waals surface area contributed by atoms with Crippen molar-refractivity contribution in [3.8, 4) is 0 Å². The summed E-state index contributed by atoms with van der Waals surface area (Å²) in [6, 6.07) is 6.95. The van der Waals surface area contributed by atoms with Crippen LogP contribution < -0.4 is 4.90 Å². The fourth-order valence-electron chi connectivity index (χ4n) is 4.05. The maximum absolute atomic E-state index is 4.49. The predicted molar refractivity (Wildman–Crippen MR) is 88.6 cm³/mol. The Morgan fingerprint density at radius 3 is 2.10 bits per heavy atom. The van der Waals surface area contributed by atoms with E-state index in [0.29, 0.717) is 0 Å². The van der Waals surface area contributed by atoms with E-state index in [0.717, 1.165) is 23.7 Å². The molecule has 21 heavy (non-hydrogen) atoms. The molecule has 0 aliphatic carbocycles. The van der Waals surface area contributed by atoms with Gasteiger partial charge < -0.3 is 9.80 Å². The van der Waals surface area contributed by atoms with Gasteiger partial charge in [0.05, 0.1) is 0 Å². The molecule has 0 N–H and O–H groups in total. The molecule has 0 saturated carbocycles. The van der Waals surface area contributed by atoms with Gasteiger partial charge in [-0.3, -0.25) is 0 Å². The zero-order valence-electron chi connectivity index (χ0n) is 13.5.